The van der Waals surface area contributed by atoms with E-state index in [9.17, 15) is 4.79 Å². The van der Waals surface area contributed by atoms with Gasteiger partial charge in [-0.2, -0.15) is 0 Å². The van der Waals surface area contributed by atoms with Gasteiger partial charge in [0, 0.05) is 12.5 Å². The number of halogens is 1. The van der Waals surface area contributed by atoms with Crippen molar-refractivity contribution in [2.75, 3.05) is 13.1 Å². The molecular weight excluding hydrogens is 236 g/mol. The lowest BCUT2D eigenvalue weighted by molar-refractivity contribution is -0.126. The van der Waals surface area contributed by atoms with Gasteiger partial charge in [0.2, 0.25) is 5.91 Å². The standard InChI is InChI=1S/C13H18N2O.ClH/c1-10(12-8-14-9-12)13(16)15-7-11-5-3-2-4-6-11;/h2-6,10,12,14H,7-9H2,1H3,(H,15,16);1H. The summed E-state index contributed by atoms with van der Waals surface area (Å²) in [6, 6.07) is 10.0. The zero-order valence-electron chi connectivity index (χ0n) is 9.98. The normalized spacial score (nSPS) is 16.5. The Labute approximate surface area is 108 Å². The van der Waals surface area contributed by atoms with Crippen LogP contribution in [0.3, 0.4) is 0 Å². The van der Waals surface area contributed by atoms with Crippen LogP contribution in [0.1, 0.15) is 12.5 Å². The lowest BCUT2D eigenvalue weighted by Crippen LogP contribution is -2.49. The molecule has 17 heavy (non-hydrogen) atoms. The molecule has 4 heteroatoms. The number of nitrogens with one attached hydrogen (secondary N) is 2. The molecule has 1 aliphatic rings. The Kier molecular flexibility index (Phi) is 5.45. The minimum atomic E-state index is 0. The van der Waals surface area contributed by atoms with Crippen molar-refractivity contribution in [3.05, 3.63) is 35.9 Å². The second-order valence-electron chi connectivity index (χ2n) is 4.41. The topological polar surface area (TPSA) is 41.1 Å². The van der Waals surface area contributed by atoms with Crippen LogP contribution in [0.5, 0.6) is 0 Å². The predicted molar refractivity (Wildman–Crippen MR) is 71.1 cm³/mol. The van der Waals surface area contributed by atoms with Crippen LogP contribution in [0.2, 0.25) is 0 Å². The monoisotopic (exact) mass is 254 g/mol. The lowest BCUT2D eigenvalue weighted by Gasteiger charge is -2.31. The van der Waals surface area contributed by atoms with E-state index in [2.05, 4.69) is 10.6 Å². The summed E-state index contributed by atoms with van der Waals surface area (Å²) in [6.45, 7) is 4.58. The van der Waals surface area contributed by atoms with Crippen molar-refractivity contribution < 1.29 is 4.79 Å². The Morgan fingerprint density at radius 3 is 2.59 bits per heavy atom. The second kappa shape index (κ2) is 6.62. The molecule has 1 aromatic rings. The highest BCUT2D eigenvalue weighted by molar-refractivity contribution is 5.85. The van der Waals surface area contributed by atoms with Crippen molar-refractivity contribution in [1.82, 2.24) is 10.6 Å². The van der Waals surface area contributed by atoms with E-state index in [0.29, 0.717) is 12.5 Å². The first-order valence-corrected chi connectivity index (χ1v) is 5.79. The fourth-order valence-electron chi connectivity index (χ4n) is 1.82. The number of hydrogen-bond donors (Lipinski definition) is 2. The van der Waals surface area contributed by atoms with E-state index in [-0.39, 0.29) is 24.2 Å². The fraction of sp³-hybridized carbons (Fsp3) is 0.462. The molecule has 1 aromatic carbocycles. The molecule has 94 valence electrons. The Morgan fingerprint density at radius 1 is 1.41 bits per heavy atom. The molecule has 1 aliphatic heterocycles. The Morgan fingerprint density at radius 2 is 2.06 bits per heavy atom. The highest BCUT2D eigenvalue weighted by Gasteiger charge is 2.28. The van der Waals surface area contributed by atoms with Crippen LogP contribution < -0.4 is 10.6 Å². The summed E-state index contributed by atoms with van der Waals surface area (Å²) in [6.07, 6.45) is 0. The van der Waals surface area contributed by atoms with Crippen molar-refractivity contribution in [3.8, 4) is 0 Å². The maximum Gasteiger partial charge on any atom is 0.223 e. The van der Waals surface area contributed by atoms with Gasteiger partial charge in [0.15, 0.2) is 0 Å². The largest absolute Gasteiger partial charge is 0.352 e. The zero-order chi connectivity index (χ0) is 11.4. The summed E-state index contributed by atoms with van der Waals surface area (Å²) < 4.78 is 0. The average Bonchev–Trinajstić information content (AvgIpc) is 2.25. The number of hydrogen-bond acceptors (Lipinski definition) is 2. The Balaban J connectivity index is 0.00000144. The first-order chi connectivity index (χ1) is 7.77. The number of amides is 1. The van der Waals surface area contributed by atoms with E-state index >= 15 is 0 Å². The lowest BCUT2D eigenvalue weighted by atomic mass is 9.88. The fourth-order valence-corrected chi connectivity index (χ4v) is 1.82. The Bertz CT molecular complexity index is 352. The number of benzene rings is 1. The summed E-state index contributed by atoms with van der Waals surface area (Å²) >= 11 is 0. The third kappa shape index (κ3) is 3.72. The molecule has 2 N–H and O–H groups in total. The molecule has 0 radical (unpaired) electrons. The van der Waals surface area contributed by atoms with Crippen LogP contribution in [0.15, 0.2) is 30.3 Å². The molecule has 1 atom stereocenters. The van der Waals surface area contributed by atoms with Crippen LogP contribution >= 0.6 is 12.4 Å². The molecule has 0 saturated carbocycles. The van der Waals surface area contributed by atoms with Gasteiger partial charge in [-0.3, -0.25) is 4.79 Å². The molecule has 1 heterocycles. The molecule has 0 bridgehead atoms. The third-order valence-corrected chi connectivity index (χ3v) is 3.24. The maximum absolute atomic E-state index is 11.8. The van der Waals surface area contributed by atoms with Crippen LogP contribution in [0.4, 0.5) is 0 Å². The molecule has 0 spiro atoms. The van der Waals surface area contributed by atoms with Gasteiger partial charge >= 0.3 is 0 Å². The van der Waals surface area contributed by atoms with Gasteiger partial charge in [-0.05, 0) is 24.6 Å². The summed E-state index contributed by atoms with van der Waals surface area (Å²) in [4.78, 5) is 11.8. The van der Waals surface area contributed by atoms with E-state index in [1.165, 1.54) is 0 Å². The van der Waals surface area contributed by atoms with Crippen LogP contribution in [-0.2, 0) is 11.3 Å². The van der Waals surface area contributed by atoms with E-state index in [1.807, 2.05) is 37.3 Å². The molecule has 2 rings (SSSR count). The van der Waals surface area contributed by atoms with E-state index in [0.717, 1.165) is 18.7 Å². The number of carbonyl (C=O) groups excluding carboxylic acids is 1. The maximum atomic E-state index is 11.8. The molecule has 0 aliphatic carbocycles. The Hall–Kier alpha value is -1.06. The van der Waals surface area contributed by atoms with Crippen molar-refractivity contribution in [1.29, 1.82) is 0 Å². The second-order valence-corrected chi connectivity index (χ2v) is 4.41. The summed E-state index contributed by atoms with van der Waals surface area (Å²) in [5.74, 6) is 0.788. The van der Waals surface area contributed by atoms with Crippen molar-refractivity contribution in [2.24, 2.45) is 11.8 Å². The van der Waals surface area contributed by atoms with Gasteiger partial charge in [-0.25, -0.2) is 0 Å². The first kappa shape index (κ1) is 14.0. The van der Waals surface area contributed by atoms with Gasteiger partial charge in [0.25, 0.3) is 0 Å². The average molecular weight is 255 g/mol. The van der Waals surface area contributed by atoms with Crippen LogP contribution in [0, 0.1) is 11.8 Å². The summed E-state index contributed by atoms with van der Waals surface area (Å²) in [5.41, 5.74) is 1.15. The van der Waals surface area contributed by atoms with Gasteiger partial charge in [0.05, 0.1) is 0 Å². The number of carbonyl (C=O) groups is 1. The van der Waals surface area contributed by atoms with Gasteiger partial charge in [0.1, 0.15) is 0 Å². The molecule has 3 nitrogen and oxygen atoms in total. The van der Waals surface area contributed by atoms with Crippen molar-refractivity contribution in [2.45, 2.75) is 13.5 Å². The van der Waals surface area contributed by atoms with Gasteiger partial charge < -0.3 is 10.6 Å². The first-order valence-electron chi connectivity index (χ1n) is 5.79. The predicted octanol–water partition coefficient (Wildman–Crippen LogP) is 1.58. The van der Waals surface area contributed by atoms with E-state index in [4.69, 9.17) is 0 Å². The quantitative estimate of drug-likeness (QED) is 0.857. The SMILES string of the molecule is CC(C(=O)NCc1ccccc1)C1CNC1.Cl. The molecule has 1 unspecified atom stereocenters. The zero-order valence-corrected chi connectivity index (χ0v) is 10.8. The molecule has 1 fully saturated rings. The van der Waals surface area contributed by atoms with E-state index in [1.54, 1.807) is 0 Å². The third-order valence-electron chi connectivity index (χ3n) is 3.24. The van der Waals surface area contributed by atoms with Crippen LogP contribution in [-0.4, -0.2) is 19.0 Å². The van der Waals surface area contributed by atoms with E-state index < -0.39 is 0 Å². The molecular formula is C13H19ClN2O. The summed E-state index contributed by atoms with van der Waals surface area (Å²) in [5, 5.41) is 6.17. The van der Waals surface area contributed by atoms with Crippen molar-refractivity contribution in [3.63, 3.8) is 0 Å². The van der Waals surface area contributed by atoms with Gasteiger partial charge in [-0.15, -0.1) is 12.4 Å². The highest BCUT2D eigenvalue weighted by Crippen LogP contribution is 2.15. The number of rotatable bonds is 4. The molecule has 1 amide bonds. The smallest absolute Gasteiger partial charge is 0.223 e. The molecule has 1 saturated heterocycles. The van der Waals surface area contributed by atoms with Gasteiger partial charge in [-0.1, -0.05) is 37.3 Å². The minimum absolute atomic E-state index is 0. The van der Waals surface area contributed by atoms with Crippen LogP contribution in [0.25, 0.3) is 0 Å². The highest BCUT2D eigenvalue weighted by atomic mass is 35.5. The molecule has 0 aromatic heterocycles. The van der Waals surface area contributed by atoms with Crippen molar-refractivity contribution >= 4 is 18.3 Å². The minimum Gasteiger partial charge on any atom is -0.352 e. The summed E-state index contributed by atoms with van der Waals surface area (Å²) in [7, 11) is 0.